The van der Waals surface area contributed by atoms with Crippen molar-refractivity contribution in [2.75, 3.05) is 7.11 Å². The Hall–Kier alpha value is -3.29. The van der Waals surface area contributed by atoms with E-state index in [0.29, 0.717) is 11.3 Å². The molecule has 3 aromatic rings. The smallest absolute Gasteiger partial charge is 0.358 e. The summed E-state index contributed by atoms with van der Waals surface area (Å²) in [6.45, 7) is 3.38. The van der Waals surface area contributed by atoms with Gasteiger partial charge in [0.2, 0.25) is 0 Å². The molecule has 0 amide bonds. The molecule has 128 valence electrons. The molecule has 0 aliphatic rings. The second-order valence-corrected chi connectivity index (χ2v) is 5.41. The molecule has 0 fully saturated rings. The fraction of sp³-hybridized carbons (Fsp3) is 0.176. The first-order valence-corrected chi connectivity index (χ1v) is 7.42. The Kier molecular flexibility index (Phi) is 4.18. The average Bonchev–Trinajstić information content (AvgIpc) is 3.06. The van der Waals surface area contributed by atoms with Crippen molar-refractivity contribution in [3.8, 4) is 11.5 Å². The Balaban J connectivity index is 2.21. The van der Waals surface area contributed by atoms with Gasteiger partial charge in [0, 0.05) is 24.2 Å². The molecule has 0 unspecified atom stereocenters. The Bertz CT molecular complexity index is 1020. The molecule has 0 atom stereocenters. The Morgan fingerprint density at radius 1 is 1.24 bits per heavy atom. The highest BCUT2D eigenvalue weighted by molar-refractivity contribution is 5.86. The number of carbonyl (C=O) groups is 1. The van der Waals surface area contributed by atoms with Crippen molar-refractivity contribution < 1.29 is 13.9 Å². The van der Waals surface area contributed by atoms with E-state index in [1.807, 2.05) is 0 Å². The van der Waals surface area contributed by atoms with Gasteiger partial charge in [-0.2, -0.15) is 5.10 Å². The van der Waals surface area contributed by atoms with E-state index in [4.69, 9.17) is 0 Å². The van der Waals surface area contributed by atoms with Crippen LogP contribution in [0.1, 0.15) is 21.7 Å². The summed E-state index contributed by atoms with van der Waals surface area (Å²) in [6, 6.07) is 6.07. The summed E-state index contributed by atoms with van der Waals surface area (Å²) in [7, 11) is 1.23. The number of esters is 1. The maximum Gasteiger partial charge on any atom is 0.358 e. The lowest BCUT2D eigenvalue weighted by molar-refractivity contribution is 0.0593. The number of aryl methyl sites for hydroxylation is 2. The van der Waals surface area contributed by atoms with Crippen molar-refractivity contribution in [2.24, 2.45) is 0 Å². The van der Waals surface area contributed by atoms with E-state index in [0.717, 1.165) is 4.68 Å². The van der Waals surface area contributed by atoms with Crippen LogP contribution in [0, 0.1) is 19.7 Å². The third-order valence-electron chi connectivity index (χ3n) is 3.73. The first kappa shape index (κ1) is 16.6. The molecule has 0 aliphatic heterocycles. The minimum atomic E-state index is -0.712. The Morgan fingerprint density at radius 2 is 2.00 bits per heavy atom. The van der Waals surface area contributed by atoms with E-state index in [9.17, 15) is 9.59 Å². The summed E-state index contributed by atoms with van der Waals surface area (Å²) in [4.78, 5) is 27.8. The fourth-order valence-corrected chi connectivity index (χ4v) is 2.52. The molecule has 0 aliphatic carbocycles. The minimum Gasteiger partial charge on any atom is -0.464 e. The summed E-state index contributed by atoms with van der Waals surface area (Å²) < 4.78 is 22.2. The zero-order chi connectivity index (χ0) is 18.1. The van der Waals surface area contributed by atoms with Gasteiger partial charge < -0.3 is 4.74 Å². The van der Waals surface area contributed by atoms with Gasteiger partial charge in [-0.3, -0.25) is 9.36 Å². The molecule has 0 N–H and O–H groups in total. The van der Waals surface area contributed by atoms with Crippen molar-refractivity contribution in [1.82, 2.24) is 19.3 Å². The molecule has 25 heavy (non-hydrogen) atoms. The highest BCUT2D eigenvalue weighted by Gasteiger charge is 2.19. The van der Waals surface area contributed by atoms with Crippen LogP contribution in [0.25, 0.3) is 11.5 Å². The van der Waals surface area contributed by atoms with Gasteiger partial charge in [0.15, 0.2) is 17.3 Å². The van der Waals surface area contributed by atoms with Gasteiger partial charge >= 0.3 is 5.97 Å². The first-order chi connectivity index (χ1) is 11.9. The molecule has 3 heterocycles. The van der Waals surface area contributed by atoms with Crippen molar-refractivity contribution in [1.29, 1.82) is 0 Å². The molecule has 0 aromatic carbocycles. The Morgan fingerprint density at radius 3 is 2.68 bits per heavy atom. The molecule has 8 heteroatoms. The van der Waals surface area contributed by atoms with E-state index in [1.165, 1.54) is 36.2 Å². The second kappa shape index (κ2) is 6.31. The highest BCUT2D eigenvalue weighted by Crippen LogP contribution is 2.22. The third-order valence-corrected chi connectivity index (χ3v) is 3.73. The number of hydrogen-bond donors (Lipinski definition) is 0. The van der Waals surface area contributed by atoms with Crippen LogP contribution in [-0.2, 0) is 4.74 Å². The van der Waals surface area contributed by atoms with Crippen LogP contribution in [-0.4, -0.2) is 32.4 Å². The van der Waals surface area contributed by atoms with Crippen molar-refractivity contribution in [2.45, 2.75) is 13.8 Å². The van der Waals surface area contributed by atoms with Crippen LogP contribution in [0.4, 0.5) is 4.39 Å². The molecule has 0 saturated heterocycles. The molecule has 3 rings (SSSR count). The van der Waals surface area contributed by atoms with Crippen molar-refractivity contribution >= 4 is 5.97 Å². The van der Waals surface area contributed by atoms with Gasteiger partial charge in [0.1, 0.15) is 0 Å². The number of rotatable bonds is 3. The summed E-state index contributed by atoms with van der Waals surface area (Å²) in [5, 5.41) is 3.97. The predicted molar refractivity (Wildman–Crippen MR) is 87.7 cm³/mol. The van der Waals surface area contributed by atoms with E-state index < -0.39 is 11.8 Å². The van der Waals surface area contributed by atoms with Gasteiger partial charge in [0.05, 0.1) is 12.8 Å². The van der Waals surface area contributed by atoms with Crippen LogP contribution in [0.5, 0.6) is 0 Å². The number of nitrogens with zero attached hydrogens (tertiary/aromatic N) is 4. The number of methoxy groups -OCH3 is 1. The molecule has 3 aromatic heterocycles. The quantitative estimate of drug-likeness (QED) is 0.680. The van der Waals surface area contributed by atoms with Gasteiger partial charge in [0.25, 0.3) is 5.56 Å². The van der Waals surface area contributed by atoms with E-state index in [-0.39, 0.29) is 22.8 Å². The Labute approximate surface area is 142 Å². The number of carbonyl (C=O) groups excluding carboxylic acids is 1. The number of halogens is 1. The van der Waals surface area contributed by atoms with Gasteiger partial charge in [-0.05, 0) is 31.5 Å². The van der Waals surface area contributed by atoms with E-state index >= 15 is 4.39 Å². The zero-order valence-corrected chi connectivity index (χ0v) is 13.9. The number of hydrogen-bond acceptors (Lipinski definition) is 5. The van der Waals surface area contributed by atoms with Crippen molar-refractivity contribution in [3.63, 3.8) is 0 Å². The first-order valence-electron chi connectivity index (χ1n) is 7.42. The van der Waals surface area contributed by atoms with E-state index in [2.05, 4.69) is 14.8 Å². The normalized spacial score (nSPS) is 10.7. The molecule has 0 bridgehead atoms. The van der Waals surface area contributed by atoms with Crippen LogP contribution in [0.15, 0.2) is 41.5 Å². The van der Waals surface area contributed by atoms with Crippen LogP contribution in [0.2, 0.25) is 0 Å². The minimum absolute atomic E-state index is 0.0267. The fourth-order valence-electron chi connectivity index (χ4n) is 2.52. The lowest BCUT2D eigenvalue weighted by Crippen LogP contribution is -2.22. The van der Waals surface area contributed by atoms with Crippen molar-refractivity contribution in [3.05, 3.63) is 69.8 Å². The number of ether oxygens (including phenoxy) is 1. The monoisotopic (exact) mass is 342 g/mol. The summed E-state index contributed by atoms with van der Waals surface area (Å²) in [5.41, 5.74) is 0.859. The second-order valence-electron chi connectivity index (χ2n) is 5.41. The van der Waals surface area contributed by atoms with Gasteiger partial charge in [-0.1, -0.05) is 6.07 Å². The molecule has 0 spiro atoms. The zero-order valence-electron chi connectivity index (χ0n) is 13.9. The average molecular weight is 342 g/mol. The SMILES string of the molecule is COC(=O)c1ccn(-c2ncc(C)c(-n3c(C)cccc3=O)c2F)n1. The number of pyridine rings is 2. The topological polar surface area (TPSA) is 79.0 Å². The lowest BCUT2D eigenvalue weighted by Gasteiger charge is -2.15. The number of aromatic nitrogens is 4. The van der Waals surface area contributed by atoms with Crippen LogP contribution < -0.4 is 5.56 Å². The van der Waals surface area contributed by atoms with Crippen LogP contribution >= 0.6 is 0 Å². The van der Waals surface area contributed by atoms with Gasteiger partial charge in [-0.15, -0.1) is 0 Å². The molecular formula is C17H15FN4O3. The largest absolute Gasteiger partial charge is 0.464 e. The summed E-state index contributed by atoms with van der Waals surface area (Å²) >= 11 is 0. The summed E-state index contributed by atoms with van der Waals surface area (Å²) in [6.07, 6.45) is 2.85. The highest BCUT2D eigenvalue weighted by atomic mass is 19.1. The molecule has 7 nitrogen and oxygen atoms in total. The summed E-state index contributed by atoms with van der Waals surface area (Å²) in [5.74, 6) is -1.47. The lowest BCUT2D eigenvalue weighted by atomic mass is 10.2. The maximum absolute atomic E-state index is 15.2. The molecule has 0 saturated carbocycles. The van der Waals surface area contributed by atoms with E-state index in [1.54, 1.807) is 26.0 Å². The third kappa shape index (κ3) is 2.82. The van der Waals surface area contributed by atoms with Gasteiger partial charge in [-0.25, -0.2) is 18.9 Å². The van der Waals surface area contributed by atoms with Crippen LogP contribution in [0.3, 0.4) is 0 Å². The standard InChI is InChI=1S/C17H15FN4O3/c1-10-9-19-16(21-8-7-12(20-21)17(24)25-3)14(18)15(10)22-11(2)5-4-6-13(22)23/h4-9H,1-3H3. The maximum atomic E-state index is 15.2. The predicted octanol–water partition coefficient (Wildman–Crippen LogP) is 1.96. The molecule has 0 radical (unpaired) electrons. The molecular weight excluding hydrogens is 327 g/mol.